The Bertz CT molecular complexity index is 850. The number of thioether (sulfide) groups is 1. The Kier molecular flexibility index (Phi) is 4.88. The molecule has 0 atom stereocenters. The Morgan fingerprint density at radius 2 is 2.12 bits per heavy atom. The van der Waals surface area contributed by atoms with Crippen LogP contribution >= 0.6 is 11.8 Å². The van der Waals surface area contributed by atoms with Crippen LogP contribution in [0.5, 0.6) is 0 Å². The second-order valence-corrected chi connectivity index (χ2v) is 6.57. The van der Waals surface area contributed by atoms with Crippen LogP contribution < -0.4 is 5.56 Å². The van der Waals surface area contributed by atoms with Gasteiger partial charge in [0.05, 0.1) is 16.8 Å². The van der Waals surface area contributed by atoms with Crippen molar-refractivity contribution in [2.75, 3.05) is 12.8 Å². The summed E-state index contributed by atoms with van der Waals surface area (Å²) in [5.41, 5.74) is 0.101. The number of rotatable bonds is 3. The van der Waals surface area contributed by atoms with Crippen molar-refractivity contribution in [1.82, 2.24) is 14.9 Å². The Morgan fingerprint density at radius 1 is 1.36 bits per heavy atom. The van der Waals surface area contributed by atoms with E-state index in [1.54, 1.807) is 0 Å². The summed E-state index contributed by atoms with van der Waals surface area (Å²) in [6, 6.07) is 2.98. The molecule has 3 rings (SSSR count). The van der Waals surface area contributed by atoms with Crippen LogP contribution in [-0.2, 0) is 25.7 Å². The molecule has 4 nitrogen and oxygen atoms in total. The third-order valence-electron chi connectivity index (χ3n) is 4.06. The van der Waals surface area contributed by atoms with Crippen molar-refractivity contribution < 1.29 is 17.6 Å². The van der Waals surface area contributed by atoms with E-state index < -0.39 is 17.6 Å². The average molecular weight is 373 g/mol. The van der Waals surface area contributed by atoms with Gasteiger partial charge < -0.3 is 4.98 Å². The van der Waals surface area contributed by atoms with E-state index >= 15 is 0 Å². The molecule has 0 aliphatic carbocycles. The van der Waals surface area contributed by atoms with Gasteiger partial charge in [-0.3, -0.25) is 9.69 Å². The summed E-state index contributed by atoms with van der Waals surface area (Å²) in [5.74, 6) is -1.29. The molecule has 9 heteroatoms. The number of halogens is 4. The van der Waals surface area contributed by atoms with Crippen LogP contribution in [0.25, 0.3) is 0 Å². The van der Waals surface area contributed by atoms with Crippen molar-refractivity contribution in [3.05, 3.63) is 56.8 Å². The number of alkyl halides is 3. The Balaban J connectivity index is 1.81. The van der Waals surface area contributed by atoms with Gasteiger partial charge in [0.2, 0.25) is 0 Å². The van der Waals surface area contributed by atoms with Crippen LogP contribution in [-0.4, -0.2) is 27.7 Å². The van der Waals surface area contributed by atoms with Gasteiger partial charge in [-0.05, 0) is 24.0 Å². The highest BCUT2D eigenvalue weighted by molar-refractivity contribution is 7.98. The maximum atomic E-state index is 13.4. The van der Waals surface area contributed by atoms with Crippen molar-refractivity contribution in [3.8, 4) is 0 Å². The topological polar surface area (TPSA) is 49.0 Å². The van der Waals surface area contributed by atoms with Crippen molar-refractivity contribution in [2.45, 2.75) is 30.8 Å². The first-order valence-corrected chi connectivity index (χ1v) is 8.74. The van der Waals surface area contributed by atoms with Crippen molar-refractivity contribution in [2.24, 2.45) is 0 Å². The molecule has 25 heavy (non-hydrogen) atoms. The molecule has 1 aliphatic heterocycles. The first-order chi connectivity index (χ1) is 11.8. The highest BCUT2D eigenvalue weighted by Gasteiger charge is 2.34. The van der Waals surface area contributed by atoms with Crippen LogP contribution in [0.4, 0.5) is 17.6 Å². The molecule has 0 spiro atoms. The van der Waals surface area contributed by atoms with Gasteiger partial charge in [0.15, 0.2) is 5.16 Å². The summed E-state index contributed by atoms with van der Waals surface area (Å²) < 4.78 is 51.8. The quantitative estimate of drug-likeness (QED) is 0.510. The van der Waals surface area contributed by atoms with Crippen LogP contribution in [0.3, 0.4) is 0 Å². The summed E-state index contributed by atoms with van der Waals surface area (Å²) in [6.07, 6.45) is -2.38. The molecule has 0 amide bonds. The molecule has 0 fully saturated rings. The van der Waals surface area contributed by atoms with Crippen LogP contribution in [0.1, 0.15) is 22.4 Å². The fourth-order valence-electron chi connectivity index (χ4n) is 2.84. The Morgan fingerprint density at radius 3 is 2.80 bits per heavy atom. The van der Waals surface area contributed by atoms with Crippen LogP contribution in [0, 0.1) is 5.82 Å². The number of H-pyrrole nitrogens is 1. The van der Waals surface area contributed by atoms with Gasteiger partial charge in [0.1, 0.15) is 5.82 Å². The van der Waals surface area contributed by atoms with Gasteiger partial charge in [0.25, 0.3) is 5.56 Å². The lowest BCUT2D eigenvalue weighted by atomic mass is 10.0. The monoisotopic (exact) mass is 373 g/mol. The fourth-order valence-corrected chi connectivity index (χ4v) is 3.23. The number of hydrogen-bond donors (Lipinski definition) is 1. The molecule has 2 heterocycles. The van der Waals surface area contributed by atoms with E-state index in [0.717, 1.165) is 17.8 Å². The third kappa shape index (κ3) is 3.87. The molecule has 0 bridgehead atoms. The standard InChI is InChI=1S/C16H15F4N3OS/c1-25-15-21-13-4-5-23(8-10(13)14(24)22-15)7-9-2-3-12(17)11(6-9)16(18,19)20/h2-3,6H,4-5,7-8H2,1H3,(H,21,22,24). The van der Waals surface area contributed by atoms with Crippen molar-refractivity contribution in [1.29, 1.82) is 0 Å². The highest BCUT2D eigenvalue weighted by Crippen LogP contribution is 2.32. The minimum absolute atomic E-state index is 0.201. The average Bonchev–Trinajstić information content (AvgIpc) is 2.56. The first-order valence-electron chi connectivity index (χ1n) is 7.52. The molecular formula is C16H15F4N3OS. The predicted molar refractivity (Wildman–Crippen MR) is 85.9 cm³/mol. The SMILES string of the molecule is CSc1nc2c(c(=O)[nH]1)CN(Cc1ccc(F)c(C(F)(F)F)c1)CC2. The zero-order valence-electron chi connectivity index (χ0n) is 13.3. The molecule has 0 saturated carbocycles. The maximum Gasteiger partial charge on any atom is 0.419 e. The summed E-state index contributed by atoms with van der Waals surface area (Å²) in [4.78, 5) is 21.0. The van der Waals surface area contributed by atoms with Gasteiger partial charge in [-0.25, -0.2) is 9.37 Å². The lowest BCUT2D eigenvalue weighted by molar-refractivity contribution is -0.140. The Hall–Kier alpha value is -1.87. The number of nitrogens with zero attached hydrogens (tertiary/aromatic N) is 2. The molecule has 134 valence electrons. The molecule has 1 N–H and O–H groups in total. The predicted octanol–water partition coefficient (Wildman–Crippen LogP) is 3.21. The smallest absolute Gasteiger partial charge is 0.301 e. The summed E-state index contributed by atoms with van der Waals surface area (Å²) >= 11 is 1.34. The maximum absolute atomic E-state index is 13.4. The minimum atomic E-state index is -4.73. The zero-order valence-corrected chi connectivity index (χ0v) is 14.1. The summed E-state index contributed by atoms with van der Waals surface area (Å²) in [7, 11) is 0. The second-order valence-electron chi connectivity index (χ2n) is 5.77. The van der Waals surface area contributed by atoms with Gasteiger partial charge in [-0.1, -0.05) is 17.8 Å². The van der Waals surface area contributed by atoms with Gasteiger partial charge >= 0.3 is 6.18 Å². The molecule has 1 aromatic heterocycles. The third-order valence-corrected chi connectivity index (χ3v) is 4.64. The number of aromatic amines is 1. The second kappa shape index (κ2) is 6.80. The minimum Gasteiger partial charge on any atom is -0.301 e. The largest absolute Gasteiger partial charge is 0.419 e. The van der Waals surface area contributed by atoms with Gasteiger partial charge in [-0.15, -0.1) is 0 Å². The van der Waals surface area contributed by atoms with Crippen molar-refractivity contribution >= 4 is 11.8 Å². The molecule has 2 aromatic rings. The van der Waals surface area contributed by atoms with E-state index in [-0.39, 0.29) is 12.1 Å². The molecule has 1 aliphatic rings. The van der Waals surface area contributed by atoms with Crippen LogP contribution in [0.15, 0.2) is 28.2 Å². The molecular weight excluding hydrogens is 358 g/mol. The first kappa shape index (κ1) is 17.9. The number of hydrogen-bond acceptors (Lipinski definition) is 4. The van der Waals surface area contributed by atoms with Gasteiger partial charge in [-0.2, -0.15) is 13.2 Å². The van der Waals surface area contributed by atoms with Crippen molar-refractivity contribution in [3.63, 3.8) is 0 Å². The van der Waals surface area contributed by atoms with E-state index in [1.165, 1.54) is 17.8 Å². The van der Waals surface area contributed by atoms with Crippen LogP contribution in [0.2, 0.25) is 0 Å². The van der Waals surface area contributed by atoms with E-state index in [2.05, 4.69) is 9.97 Å². The molecule has 0 unspecified atom stereocenters. The lowest BCUT2D eigenvalue weighted by Gasteiger charge is -2.27. The van der Waals surface area contributed by atoms with E-state index in [9.17, 15) is 22.4 Å². The number of benzene rings is 1. The summed E-state index contributed by atoms with van der Waals surface area (Å²) in [5, 5.41) is 0.547. The molecule has 1 aromatic carbocycles. The van der Waals surface area contributed by atoms with E-state index in [1.807, 2.05) is 11.2 Å². The van der Waals surface area contributed by atoms with E-state index in [4.69, 9.17) is 0 Å². The number of nitrogens with one attached hydrogen (secondary N) is 1. The highest BCUT2D eigenvalue weighted by atomic mass is 32.2. The van der Waals surface area contributed by atoms with Gasteiger partial charge in [0, 0.05) is 26.1 Å². The molecule has 0 saturated heterocycles. The normalized spacial score (nSPS) is 15.2. The fraction of sp³-hybridized carbons (Fsp3) is 0.375. The summed E-state index contributed by atoms with van der Waals surface area (Å²) in [6.45, 7) is 1.06. The Labute approximate surface area is 145 Å². The molecule has 0 radical (unpaired) electrons. The number of aromatic nitrogens is 2. The lowest BCUT2D eigenvalue weighted by Crippen LogP contribution is -2.35. The zero-order chi connectivity index (χ0) is 18.2. The number of fused-ring (bicyclic) bond motifs is 1. The van der Waals surface area contributed by atoms with E-state index in [0.29, 0.717) is 35.8 Å².